The Morgan fingerprint density at radius 2 is 1.67 bits per heavy atom. The molecule has 2 aromatic carbocycles. The largest absolute Gasteiger partial charge is 0.486 e. The summed E-state index contributed by atoms with van der Waals surface area (Å²) in [6, 6.07) is 11.0. The number of benzene rings is 2. The quantitative estimate of drug-likeness (QED) is 0.661. The molecule has 0 saturated carbocycles. The highest BCUT2D eigenvalue weighted by Crippen LogP contribution is 2.30. The van der Waals surface area contributed by atoms with E-state index in [1.165, 1.54) is 18.3 Å². The average Bonchev–Trinajstić information content (AvgIpc) is 2.61. The van der Waals surface area contributed by atoms with E-state index >= 15 is 0 Å². The molecular weight excluding hydrogens is 312 g/mol. The summed E-state index contributed by atoms with van der Waals surface area (Å²) in [5.41, 5.74) is 3.67. The first-order valence-electron chi connectivity index (χ1n) is 7.20. The maximum atomic E-state index is 12.1. The van der Waals surface area contributed by atoms with E-state index in [-0.39, 0.29) is 11.5 Å². The van der Waals surface area contributed by atoms with Crippen molar-refractivity contribution in [2.45, 2.75) is 0 Å². The smallest absolute Gasteiger partial charge is 0.335 e. The molecule has 24 heavy (non-hydrogen) atoms. The van der Waals surface area contributed by atoms with E-state index in [9.17, 15) is 9.59 Å². The van der Waals surface area contributed by atoms with E-state index in [2.05, 4.69) is 10.5 Å². The van der Waals surface area contributed by atoms with E-state index in [0.29, 0.717) is 35.8 Å². The molecule has 2 N–H and O–H groups in total. The van der Waals surface area contributed by atoms with Crippen LogP contribution in [-0.2, 0) is 0 Å². The van der Waals surface area contributed by atoms with Gasteiger partial charge in [0.1, 0.15) is 13.2 Å². The van der Waals surface area contributed by atoms with Crippen LogP contribution in [0.5, 0.6) is 11.5 Å². The first-order valence-corrected chi connectivity index (χ1v) is 7.20. The Balaban J connectivity index is 1.63. The first-order chi connectivity index (χ1) is 11.6. The Hall–Kier alpha value is -3.35. The second-order valence-electron chi connectivity index (χ2n) is 4.98. The molecule has 0 atom stereocenters. The van der Waals surface area contributed by atoms with E-state index in [4.69, 9.17) is 14.6 Å². The number of carbonyl (C=O) groups excluding carboxylic acids is 1. The molecule has 0 bridgehead atoms. The van der Waals surface area contributed by atoms with Gasteiger partial charge in [-0.3, -0.25) is 4.79 Å². The highest BCUT2D eigenvalue weighted by atomic mass is 16.6. The Morgan fingerprint density at radius 1 is 1.00 bits per heavy atom. The van der Waals surface area contributed by atoms with Crippen molar-refractivity contribution < 1.29 is 24.2 Å². The summed E-state index contributed by atoms with van der Waals surface area (Å²) in [4.78, 5) is 22.8. The van der Waals surface area contributed by atoms with Crippen molar-refractivity contribution in [1.82, 2.24) is 5.43 Å². The summed E-state index contributed by atoms with van der Waals surface area (Å²) < 4.78 is 10.8. The standard InChI is InChI=1S/C17H14N2O5/c20-16(13-5-6-14-15(9-13)24-8-7-23-14)19-18-10-11-1-3-12(4-2-11)17(21)22/h1-6,9-10H,7-8H2,(H,19,20)(H,21,22)/b18-10-. The third-order valence-corrected chi connectivity index (χ3v) is 3.34. The van der Waals surface area contributed by atoms with Gasteiger partial charge in [-0.25, -0.2) is 10.2 Å². The van der Waals surface area contributed by atoms with Crippen LogP contribution in [0.25, 0.3) is 0 Å². The lowest BCUT2D eigenvalue weighted by Gasteiger charge is -2.18. The predicted molar refractivity (Wildman–Crippen MR) is 85.9 cm³/mol. The predicted octanol–water partition coefficient (Wildman–Crippen LogP) is 1.92. The molecule has 1 heterocycles. The molecule has 0 saturated heterocycles. The van der Waals surface area contributed by atoms with Gasteiger partial charge in [0.15, 0.2) is 11.5 Å². The molecular formula is C17H14N2O5. The SMILES string of the molecule is O=C(O)c1ccc(/C=N\NC(=O)c2ccc3c(c2)OCCO3)cc1. The number of ether oxygens (including phenoxy) is 2. The van der Waals surface area contributed by atoms with Crippen molar-refractivity contribution >= 4 is 18.1 Å². The van der Waals surface area contributed by atoms with Crippen molar-refractivity contribution in [2.75, 3.05) is 13.2 Å². The second-order valence-corrected chi connectivity index (χ2v) is 4.98. The number of carbonyl (C=O) groups is 2. The maximum Gasteiger partial charge on any atom is 0.335 e. The second kappa shape index (κ2) is 6.82. The maximum absolute atomic E-state index is 12.1. The lowest BCUT2D eigenvalue weighted by Crippen LogP contribution is -2.19. The fraction of sp³-hybridized carbons (Fsp3) is 0.118. The van der Waals surface area contributed by atoms with Crippen molar-refractivity contribution in [3.8, 4) is 11.5 Å². The van der Waals surface area contributed by atoms with Gasteiger partial charge in [-0.2, -0.15) is 5.10 Å². The van der Waals surface area contributed by atoms with Crippen LogP contribution in [-0.4, -0.2) is 36.4 Å². The van der Waals surface area contributed by atoms with Crippen LogP contribution < -0.4 is 14.9 Å². The number of hydrazone groups is 1. The van der Waals surface area contributed by atoms with Crippen LogP contribution in [0.1, 0.15) is 26.3 Å². The minimum atomic E-state index is -0.995. The Morgan fingerprint density at radius 3 is 2.38 bits per heavy atom. The van der Waals surface area contributed by atoms with Gasteiger partial charge in [0.25, 0.3) is 5.91 Å². The van der Waals surface area contributed by atoms with Crippen LogP contribution in [0.2, 0.25) is 0 Å². The van der Waals surface area contributed by atoms with E-state index < -0.39 is 5.97 Å². The fourth-order valence-corrected chi connectivity index (χ4v) is 2.13. The summed E-state index contributed by atoms with van der Waals surface area (Å²) in [5.74, 6) is -0.238. The Kier molecular flexibility index (Phi) is 4.42. The summed E-state index contributed by atoms with van der Waals surface area (Å²) in [5, 5.41) is 12.7. The van der Waals surface area contributed by atoms with E-state index in [1.807, 2.05) is 0 Å². The number of rotatable bonds is 4. The molecule has 0 aliphatic carbocycles. The molecule has 1 amide bonds. The Labute approximate surface area is 137 Å². The average molecular weight is 326 g/mol. The van der Waals surface area contributed by atoms with Crippen LogP contribution in [0.4, 0.5) is 0 Å². The van der Waals surface area contributed by atoms with Crippen molar-refractivity contribution in [1.29, 1.82) is 0 Å². The molecule has 122 valence electrons. The number of hydrogen-bond donors (Lipinski definition) is 2. The lowest BCUT2D eigenvalue weighted by atomic mass is 10.1. The molecule has 3 rings (SSSR count). The molecule has 2 aromatic rings. The number of carboxylic acid groups (broad SMARTS) is 1. The highest BCUT2D eigenvalue weighted by molar-refractivity contribution is 5.95. The van der Waals surface area contributed by atoms with Gasteiger partial charge in [0, 0.05) is 5.56 Å². The topological polar surface area (TPSA) is 97.2 Å². The van der Waals surface area contributed by atoms with Crippen molar-refractivity contribution in [3.05, 3.63) is 59.2 Å². The first kappa shape index (κ1) is 15.5. The molecule has 0 aromatic heterocycles. The minimum Gasteiger partial charge on any atom is -0.486 e. The zero-order chi connectivity index (χ0) is 16.9. The normalized spacial score (nSPS) is 12.8. The van der Waals surface area contributed by atoms with Gasteiger partial charge >= 0.3 is 5.97 Å². The number of hydrogen-bond acceptors (Lipinski definition) is 5. The zero-order valence-corrected chi connectivity index (χ0v) is 12.6. The molecule has 1 aliphatic rings. The lowest BCUT2D eigenvalue weighted by molar-refractivity contribution is 0.0696. The summed E-state index contributed by atoms with van der Waals surface area (Å²) in [6.45, 7) is 0.937. The highest BCUT2D eigenvalue weighted by Gasteiger charge is 2.14. The van der Waals surface area contributed by atoms with Crippen molar-refractivity contribution in [3.63, 3.8) is 0 Å². The number of nitrogens with zero attached hydrogens (tertiary/aromatic N) is 1. The van der Waals surface area contributed by atoms with E-state index in [0.717, 1.165) is 0 Å². The molecule has 0 unspecified atom stereocenters. The summed E-state index contributed by atoms with van der Waals surface area (Å²) in [6.07, 6.45) is 1.43. The number of carboxylic acids is 1. The third kappa shape index (κ3) is 3.52. The minimum absolute atomic E-state index is 0.187. The van der Waals surface area contributed by atoms with Crippen molar-refractivity contribution in [2.24, 2.45) is 5.10 Å². The van der Waals surface area contributed by atoms with Crippen LogP contribution in [0.3, 0.4) is 0 Å². The van der Waals surface area contributed by atoms with Gasteiger partial charge in [0.2, 0.25) is 0 Å². The summed E-state index contributed by atoms with van der Waals surface area (Å²) >= 11 is 0. The molecule has 0 fully saturated rings. The molecule has 1 aliphatic heterocycles. The summed E-state index contributed by atoms with van der Waals surface area (Å²) in [7, 11) is 0. The number of fused-ring (bicyclic) bond motifs is 1. The van der Waals surface area contributed by atoms with Gasteiger partial charge in [0.05, 0.1) is 11.8 Å². The third-order valence-electron chi connectivity index (χ3n) is 3.34. The van der Waals surface area contributed by atoms with Crippen LogP contribution in [0, 0.1) is 0 Å². The molecule has 7 heteroatoms. The zero-order valence-electron chi connectivity index (χ0n) is 12.6. The number of amides is 1. The van der Waals surface area contributed by atoms with Gasteiger partial charge in [-0.1, -0.05) is 12.1 Å². The Bertz CT molecular complexity index is 799. The monoisotopic (exact) mass is 326 g/mol. The van der Waals surface area contributed by atoms with E-state index in [1.54, 1.807) is 30.3 Å². The van der Waals surface area contributed by atoms with Gasteiger partial charge in [-0.05, 0) is 35.9 Å². The molecule has 0 spiro atoms. The van der Waals surface area contributed by atoms with Crippen LogP contribution >= 0.6 is 0 Å². The molecule has 0 radical (unpaired) electrons. The molecule has 7 nitrogen and oxygen atoms in total. The van der Waals surface area contributed by atoms with Gasteiger partial charge < -0.3 is 14.6 Å². The fourth-order valence-electron chi connectivity index (χ4n) is 2.13. The van der Waals surface area contributed by atoms with Gasteiger partial charge in [-0.15, -0.1) is 0 Å². The number of aromatic carboxylic acids is 1. The number of nitrogens with one attached hydrogen (secondary N) is 1. The van der Waals surface area contributed by atoms with Crippen LogP contribution in [0.15, 0.2) is 47.6 Å².